The van der Waals surface area contributed by atoms with E-state index in [-0.39, 0.29) is 18.1 Å². The van der Waals surface area contributed by atoms with Crippen LogP contribution in [0.5, 0.6) is 5.75 Å². The molecule has 1 heterocycles. The minimum atomic E-state index is -1.18. The van der Waals surface area contributed by atoms with E-state index in [1.54, 1.807) is 0 Å². The van der Waals surface area contributed by atoms with Crippen LogP contribution in [-0.4, -0.2) is 16.1 Å². The molecule has 0 spiro atoms. The number of carboxylic acid groups (broad SMARTS) is 1. The van der Waals surface area contributed by atoms with Gasteiger partial charge in [0.15, 0.2) is 5.75 Å². The molecule has 5 heteroatoms. The van der Waals surface area contributed by atoms with Crippen LogP contribution in [0.1, 0.15) is 16.1 Å². The van der Waals surface area contributed by atoms with Crippen LogP contribution in [0.15, 0.2) is 47.3 Å². The summed E-state index contributed by atoms with van der Waals surface area (Å²) in [4.78, 5) is 24.4. The zero-order valence-corrected chi connectivity index (χ0v) is 9.42. The molecule has 1 aromatic carbocycles. The fourth-order valence-corrected chi connectivity index (χ4v) is 1.43. The Morgan fingerprint density at radius 1 is 1.17 bits per heavy atom. The fourth-order valence-electron chi connectivity index (χ4n) is 1.43. The summed E-state index contributed by atoms with van der Waals surface area (Å²) in [6.45, 7) is 0.260. The van der Waals surface area contributed by atoms with Gasteiger partial charge in [-0.2, -0.15) is 0 Å². The molecule has 0 fully saturated rings. The van der Waals surface area contributed by atoms with Crippen molar-refractivity contribution in [2.75, 3.05) is 0 Å². The minimum absolute atomic E-state index is 0.101. The van der Waals surface area contributed by atoms with Gasteiger partial charge in [-0.1, -0.05) is 30.3 Å². The van der Waals surface area contributed by atoms with Crippen molar-refractivity contribution >= 4 is 5.97 Å². The molecule has 0 aliphatic rings. The Labute approximate surface area is 103 Å². The summed E-state index contributed by atoms with van der Waals surface area (Å²) < 4.78 is 5.32. The second kappa shape index (κ2) is 5.18. The lowest BCUT2D eigenvalue weighted by Gasteiger charge is -2.05. The highest BCUT2D eigenvalue weighted by Gasteiger charge is 2.07. The van der Waals surface area contributed by atoms with Gasteiger partial charge in [-0.15, -0.1) is 0 Å². The van der Waals surface area contributed by atoms with E-state index in [4.69, 9.17) is 9.84 Å². The molecule has 92 valence electrons. The summed E-state index contributed by atoms with van der Waals surface area (Å²) >= 11 is 0. The maximum Gasteiger partial charge on any atom is 0.352 e. The Balaban J connectivity index is 2.11. The molecular weight excluding hydrogens is 234 g/mol. The van der Waals surface area contributed by atoms with Crippen LogP contribution < -0.4 is 10.3 Å². The summed E-state index contributed by atoms with van der Waals surface area (Å²) in [6, 6.07) is 12.0. The first-order valence-electron chi connectivity index (χ1n) is 5.30. The minimum Gasteiger partial charge on any atom is -0.483 e. The lowest BCUT2D eigenvalue weighted by Crippen LogP contribution is -2.15. The molecule has 2 rings (SSSR count). The Bertz CT molecular complexity index is 604. The summed E-state index contributed by atoms with van der Waals surface area (Å²) in [6.07, 6.45) is 0. The van der Waals surface area contributed by atoms with Gasteiger partial charge in [0.2, 0.25) is 0 Å². The van der Waals surface area contributed by atoms with Crippen molar-refractivity contribution < 1.29 is 14.6 Å². The average Bonchev–Trinajstić information content (AvgIpc) is 2.38. The van der Waals surface area contributed by atoms with E-state index in [1.807, 2.05) is 30.3 Å². The van der Waals surface area contributed by atoms with Crippen molar-refractivity contribution in [3.8, 4) is 5.75 Å². The lowest BCUT2D eigenvalue weighted by molar-refractivity contribution is 0.0690. The maximum atomic E-state index is 11.5. The molecule has 2 aromatic rings. The third-order valence-corrected chi connectivity index (χ3v) is 2.34. The van der Waals surface area contributed by atoms with Crippen molar-refractivity contribution in [2.24, 2.45) is 0 Å². The number of rotatable bonds is 4. The highest BCUT2D eigenvalue weighted by atomic mass is 16.5. The second-order valence-electron chi connectivity index (χ2n) is 3.64. The molecule has 5 nitrogen and oxygen atoms in total. The smallest absolute Gasteiger partial charge is 0.352 e. The van der Waals surface area contributed by atoms with Gasteiger partial charge in [-0.3, -0.25) is 4.79 Å². The SMILES string of the molecule is O=C(O)c1ccc(OCc2ccccc2)c(=O)[nH]1. The molecular formula is C13H11NO4. The van der Waals surface area contributed by atoms with Crippen LogP contribution in [0, 0.1) is 0 Å². The number of hydrogen-bond donors (Lipinski definition) is 2. The van der Waals surface area contributed by atoms with Gasteiger partial charge in [0, 0.05) is 0 Å². The summed E-state index contributed by atoms with van der Waals surface area (Å²) in [5.41, 5.74) is 0.220. The number of carbonyl (C=O) groups is 1. The predicted octanol–water partition coefficient (Wildman–Crippen LogP) is 1.65. The number of nitrogens with one attached hydrogen (secondary N) is 1. The van der Waals surface area contributed by atoms with Crippen molar-refractivity contribution in [3.63, 3.8) is 0 Å². The number of aromatic nitrogens is 1. The molecule has 0 saturated carbocycles. The molecule has 0 atom stereocenters. The quantitative estimate of drug-likeness (QED) is 0.858. The van der Waals surface area contributed by atoms with Gasteiger partial charge in [-0.25, -0.2) is 4.79 Å². The van der Waals surface area contributed by atoms with Gasteiger partial charge < -0.3 is 14.8 Å². The highest BCUT2D eigenvalue weighted by Crippen LogP contribution is 2.07. The number of benzene rings is 1. The first-order chi connectivity index (χ1) is 8.66. The topological polar surface area (TPSA) is 79.4 Å². The molecule has 0 bridgehead atoms. The van der Waals surface area contributed by atoms with Crippen LogP contribution in [0.25, 0.3) is 0 Å². The third kappa shape index (κ3) is 2.76. The monoisotopic (exact) mass is 245 g/mol. The normalized spacial score (nSPS) is 10.0. The van der Waals surface area contributed by atoms with E-state index in [0.29, 0.717) is 0 Å². The first-order valence-corrected chi connectivity index (χ1v) is 5.30. The van der Waals surface area contributed by atoms with E-state index >= 15 is 0 Å². The average molecular weight is 245 g/mol. The Morgan fingerprint density at radius 3 is 2.50 bits per heavy atom. The van der Waals surface area contributed by atoms with Gasteiger partial charge in [0.1, 0.15) is 12.3 Å². The van der Waals surface area contributed by atoms with Crippen molar-refractivity contribution in [1.82, 2.24) is 4.98 Å². The number of aromatic amines is 1. The summed E-state index contributed by atoms with van der Waals surface area (Å²) in [5, 5.41) is 8.70. The molecule has 0 aliphatic heterocycles. The fraction of sp³-hybridized carbons (Fsp3) is 0.0769. The van der Waals surface area contributed by atoms with Gasteiger partial charge in [0.25, 0.3) is 5.56 Å². The van der Waals surface area contributed by atoms with E-state index in [2.05, 4.69) is 4.98 Å². The Kier molecular flexibility index (Phi) is 3.43. The molecule has 0 aliphatic carbocycles. The number of hydrogen-bond acceptors (Lipinski definition) is 3. The standard InChI is InChI=1S/C13H11NO4/c15-12-11(7-6-10(14-12)13(16)17)18-8-9-4-2-1-3-5-9/h1-7H,8H2,(H,14,15)(H,16,17). The van der Waals surface area contributed by atoms with Crippen molar-refractivity contribution in [2.45, 2.75) is 6.61 Å². The molecule has 0 amide bonds. The van der Waals surface area contributed by atoms with Crippen LogP contribution in [0.2, 0.25) is 0 Å². The lowest BCUT2D eigenvalue weighted by atomic mass is 10.2. The van der Waals surface area contributed by atoms with E-state index < -0.39 is 11.5 Å². The number of pyridine rings is 1. The zero-order chi connectivity index (χ0) is 13.0. The predicted molar refractivity (Wildman–Crippen MR) is 64.8 cm³/mol. The van der Waals surface area contributed by atoms with Crippen LogP contribution in [0.4, 0.5) is 0 Å². The van der Waals surface area contributed by atoms with E-state index in [1.165, 1.54) is 12.1 Å². The number of carboxylic acids is 1. The number of ether oxygens (including phenoxy) is 1. The van der Waals surface area contributed by atoms with Gasteiger partial charge in [-0.05, 0) is 17.7 Å². The molecule has 2 N–H and O–H groups in total. The molecule has 0 unspecified atom stereocenters. The first kappa shape index (κ1) is 11.9. The van der Waals surface area contributed by atoms with Crippen LogP contribution in [0.3, 0.4) is 0 Å². The molecule has 1 aromatic heterocycles. The van der Waals surface area contributed by atoms with Gasteiger partial charge in [0.05, 0.1) is 0 Å². The maximum absolute atomic E-state index is 11.5. The molecule has 18 heavy (non-hydrogen) atoms. The van der Waals surface area contributed by atoms with E-state index in [0.717, 1.165) is 5.56 Å². The number of H-pyrrole nitrogens is 1. The summed E-state index contributed by atoms with van der Waals surface area (Å²) in [5.74, 6) is -1.08. The van der Waals surface area contributed by atoms with Gasteiger partial charge >= 0.3 is 5.97 Å². The van der Waals surface area contributed by atoms with E-state index in [9.17, 15) is 9.59 Å². The Hall–Kier alpha value is -2.56. The van der Waals surface area contributed by atoms with Crippen LogP contribution in [-0.2, 0) is 6.61 Å². The van der Waals surface area contributed by atoms with Crippen molar-refractivity contribution in [1.29, 1.82) is 0 Å². The highest BCUT2D eigenvalue weighted by molar-refractivity contribution is 5.85. The largest absolute Gasteiger partial charge is 0.483 e. The molecule has 0 saturated heterocycles. The number of aromatic carboxylic acids is 1. The van der Waals surface area contributed by atoms with Crippen molar-refractivity contribution in [3.05, 3.63) is 64.1 Å². The molecule has 0 radical (unpaired) electrons. The zero-order valence-electron chi connectivity index (χ0n) is 9.42. The summed E-state index contributed by atoms with van der Waals surface area (Å²) in [7, 11) is 0. The van der Waals surface area contributed by atoms with Crippen LogP contribution >= 0.6 is 0 Å². The second-order valence-corrected chi connectivity index (χ2v) is 3.64. The third-order valence-electron chi connectivity index (χ3n) is 2.34. The Morgan fingerprint density at radius 2 is 1.89 bits per heavy atom.